The number of anilines is 2. The summed E-state index contributed by atoms with van der Waals surface area (Å²) in [4.78, 5) is 37.6. The zero-order valence-corrected chi connectivity index (χ0v) is 18.3. The number of para-hydroxylation sites is 1. The number of hydrogen-bond acceptors (Lipinski definition) is 4. The number of amides is 2. The largest absolute Gasteiger partial charge is 0.507 e. The molecule has 0 spiro atoms. The summed E-state index contributed by atoms with van der Waals surface area (Å²) in [6, 6.07) is 18.5. The Kier molecular flexibility index (Phi) is 7.05. The van der Waals surface area contributed by atoms with Gasteiger partial charge in [-0.3, -0.25) is 14.4 Å². The Hall–Kier alpha value is -3.93. The van der Waals surface area contributed by atoms with Crippen LogP contribution in [0.1, 0.15) is 45.7 Å². The molecule has 0 atom stereocenters. The molecule has 0 aromatic heterocycles. The highest BCUT2D eigenvalue weighted by atomic mass is 16.3. The summed E-state index contributed by atoms with van der Waals surface area (Å²) in [7, 11) is 0. The molecule has 6 nitrogen and oxygen atoms in total. The van der Waals surface area contributed by atoms with Crippen LogP contribution in [-0.4, -0.2) is 22.7 Å². The SMILES string of the molecule is Cc1cccc(C(=O)Nc2cc(CC(=O)C(C)C)cc(NC(=O)c3ccccc3O)c2)c1. The van der Waals surface area contributed by atoms with Gasteiger partial charge in [0.25, 0.3) is 11.8 Å². The number of phenolic OH excluding ortho intramolecular Hbond substituents is 1. The zero-order valence-electron chi connectivity index (χ0n) is 18.3. The molecule has 0 aliphatic heterocycles. The molecule has 3 N–H and O–H groups in total. The summed E-state index contributed by atoms with van der Waals surface area (Å²) in [6.07, 6.45) is 0.172. The van der Waals surface area contributed by atoms with E-state index in [-0.39, 0.29) is 35.3 Å². The predicted octanol–water partition coefficient (Wildman–Crippen LogP) is 4.97. The molecule has 32 heavy (non-hydrogen) atoms. The van der Waals surface area contributed by atoms with Crippen LogP contribution in [0, 0.1) is 12.8 Å². The van der Waals surface area contributed by atoms with Gasteiger partial charge in [-0.15, -0.1) is 0 Å². The summed E-state index contributed by atoms with van der Waals surface area (Å²) < 4.78 is 0. The molecule has 0 bridgehead atoms. The van der Waals surface area contributed by atoms with Crippen LogP contribution in [0.15, 0.2) is 66.7 Å². The standard InChI is InChI=1S/C26H26N2O4/c1-16(2)24(30)14-18-12-20(27-25(31)19-8-6-7-17(3)11-19)15-21(13-18)28-26(32)22-9-4-5-10-23(22)29/h4-13,15-16,29H,14H2,1-3H3,(H,27,31)(H,28,32). The smallest absolute Gasteiger partial charge is 0.259 e. The van der Waals surface area contributed by atoms with Gasteiger partial charge < -0.3 is 15.7 Å². The van der Waals surface area contributed by atoms with Gasteiger partial charge in [0, 0.05) is 29.3 Å². The molecule has 6 heteroatoms. The second kappa shape index (κ2) is 9.92. The summed E-state index contributed by atoms with van der Waals surface area (Å²) in [5.74, 6) is -1.01. The maximum atomic E-state index is 12.7. The van der Waals surface area contributed by atoms with Gasteiger partial charge in [0.2, 0.25) is 0 Å². The van der Waals surface area contributed by atoms with E-state index in [2.05, 4.69) is 10.6 Å². The van der Waals surface area contributed by atoms with E-state index < -0.39 is 5.91 Å². The van der Waals surface area contributed by atoms with Crippen LogP contribution >= 0.6 is 0 Å². The van der Waals surface area contributed by atoms with Gasteiger partial charge in [-0.25, -0.2) is 0 Å². The normalized spacial score (nSPS) is 10.6. The highest BCUT2D eigenvalue weighted by Crippen LogP contribution is 2.24. The van der Waals surface area contributed by atoms with Crippen molar-refractivity contribution >= 4 is 29.0 Å². The van der Waals surface area contributed by atoms with Gasteiger partial charge in [0.15, 0.2) is 0 Å². The van der Waals surface area contributed by atoms with Crippen LogP contribution in [0.2, 0.25) is 0 Å². The number of rotatable bonds is 7. The lowest BCUT2D eigenvalue weighted by Gasteiger charge is -2.13. The number of aryl methyl sites for hydroxylation is 1. The van der Waals surface area contributed by atoms with E-state index in [9.17, 15) is 19.5 Å². The number of nitrogens with one attached hydrogen (secondary N) is 2. The van der Waals surface area contributed by atoms with Gasteiger partial charge in [-0.2, -0.15) is 0 Å². The minimum atomic E-state index is -0.494. The number of hydrogen-bond donors (Lipinski definition) is 3. The lowest BCUT2D eigenvalue weighted by molar-refractivity contribution is -0.121. The van der Waals surface area contributed by atoms with E-state index in [1.165, 1.54) is 12.1 Å². The Morgan fingerprint density at radius 2 is 1.50 bits per heavy atom. The maximum absolute atomic E-state index is 12.7. The first-order chi connectivity index (χ1) is 15.2. The molecule has 0 unspecified atom stereocenters. The minimum Gasteiger partial charge on any atom is -0.507 e. The van der Waals surface area contributed by atoms with Gasteiger partial charge >= 0.3 is 0 Å². The van der Waals surface area contributed by atoms with Crippen LogP contribution < -0.4 is 10.6 Å². The molecule has 0 radical (unpaired) electrons. The monoisotopic (exact) mass is 430 g/mol. The fourth-order valence-electron chi connectivity index (χ4n) is 3.20. The minimum absolute atomic E-state index is 0.0464. The number of carbonyl (C=O) groups is 3. The van der Waals surface area contributed by atoms with Crippen molar-refractivity contribution in [3.05, 3.63) is 89.0 Å². The predicted molar refractivity (Wildman–Crippen MR) is 125 cm³/mol. The molecular formula is C26H26N2O4. The van der Waals surface area contributed by atoms with Crippen LogP contribution in [-0.2, 0) is 11.2 Å². The first-order valence-corrected chi connectivity index (χ1v) is 10.4. The summed E-state index contributed by atoms with van der Waals surface area (Å²) in [5.41, 5.74) is 3.13. The molecular weight excluding hydrogens is 404 g/mol. The van der Waals surface area contributed by atoms with Gasteiger partial charge in [-0.1, -0.05) is 43.7 Å². The zero-order chi connectivity index (χ0) is 23.3. The van der Waals surface area contributed by atoms with Crippen molar-refractivity contribution in [3.63, 3.8) is 0 Å². The third-order valence-corrected chi connectivity index (χ3v) is 4.96. The van der Waals surface area contributed by atoms with Crippen molar-refractivity contribution in [2.24, 2.45) is 5.92 Å². The molecule has 0 aliphatic rings. The van der Waals surface area contributed by atoms with Crippen molar-refractivity contribution in [2.45, 2.75) is 27.2 Å². The Labute approximate surface area is 187 Å². The van der Waals surface area contributed by atoms with E-state index in [4.69, 9.17) is 0 Å². The number of carbonyl (C=O) groups excluding carboxylic acids is 3. The fourth-order valence-corrected chi connectivity index (χ4v) is 3.20. The van der Waals surface area contributed by atoms with E-state index in [0.717, 1.165) is 5.56 Å². The topological polar surface area (TPSA) is 95.5 Å². The Bertz CT molecular complexity index is 1170. The van der Waals surface area contributed by atoms with Crippen molar-refractivity contribution in [1.29, 1.82) is 0 Å². The number of Topliss-reactive ketones (excluding diaryl/α,β-unsaturated/α-hetero) is 1. The third kappa shape index (κ3) is 5.82. The summed E-state index contributed by atoms with van der Waals surface area (Å²) >= 11 is 0. The molecule has 3 aromatic rings. The fraction of sp³-hybridized carbons (Fsp3) is 0.192. The lowest BCUT2D eigenvalue weighted by Crippen LogP contribution is -2.16. The van der Waals surface area contributed by atoms with Crippen LogP contribution in [0.4, 0.5) is 11.4 Å². The number of phenols is 1. The number of benzene rings is 3. The molecule has 3 rings (SSSR count). The maximum Gasteiger partial charge on any atom is 0.259 e. The first kappa shape index (κ1) is 22.7. The first-order valence-electron chi connectivity index (χ1n) is 10.4. The number of ketones is 1. The Morgan fingerprint density at radius 1 is 0.844 bits per heavy atom. The molecule has 0 saturated heterocycles. The second-order valence-electron chi connectivity index (χ2n) is 8.01. The van der Waals surface area contributed by atoms with Gasteiger partial charge in [0.05, 0.1) is 5.56 Å². The average molecular weight is 431 g/mol. The van der Waals surface area contributed by atoms with Crippen molar-refractivity contribution in [3.8, 4) is 5.75 Å². The lowest BCUT2D eigenvalue weighted by atomic mass is 10.00. The van der Waals surface area contributed by atoms with Crippen LogP contribution in [0.25, 0.3) is 0 Å². The quantitative estimate of drug-likeness (QED) is 0.493. The van der Waals surface area contributed by atoms with Crippen LogP contribution in [0.3, 0.4) is 0 Å². The molecule has 0 heterocycles. The summed E-state index contributed by atoms with van der Waals surface area (Å²) in [5, 5.41) is 15.5. The van der Waals surface area contributed by atoms with Gasteiger partial charge in [0.1, 0.15) is 11.5 Å². The average Bonchev–Trinajstić information content (AvgIpc) is 2.73. The molecule has 0 fully saturated rings. The highest BCUT2D eigenvalue weighted by Gasteiger charge is 2.15. The molecule has 164 valence electrons. The molecule has 0 saturated carbocycles. The van der Waals surface area contributed by atoms with Crippen molar-refractivity contribution < 1.29 is 19.5 Å². The number of aromatic hydroxyl groups is 1. The van der Waals surface area contributed by atoms with Crippen molar-refractivity contribution in [2.75, 3.05) is 10.6 Å². The summed E-state index contributed by atoms with van der Waals surface area (Å²) in [6.45, 7) is 5.56. The third-order valence-electron chi connectivity index (χ3n) is 4.96. The second-order valence-corrected chi connectivity index (χ2v) is 8.01. The van der Waals surface area contributed by atoms with Crippen LogP contribution in [0.5, 0.6) is 5.75 Å². The molecule has 2 amide bonds. The Morgan fingerprint density at radius 3 is 2.12 bits per heavy atom. The van der Waals surface area contributed by atoms with E-state index in [1.807, 2.05) is 26.8 Å². The Balaban J connectivity index is 1.90. The van der Waals surface area contributed by atoms with E-state index in [0.29, 0.717) is 22.5 Å². The molecule has 3 aromatic carbocycles. The van der Waals surface area contributed by atoms with Gasteiger partial charge in [-0.05, 0) is 55.0 Å². The highest BCUT2D eigenvalue weighted by molar-refractivity contribution is 6.07. The van der Waals surface area contributed by atoms with E-state index >= 15 is 0 Å². The van der Waals surface area contributed by atoms with Crippen molar-refractivity contribution in [1.82, 2.24) is 0 Å². The van der Waals surface area contributed by atoms with E-state index in [1.54, 1.807) is 48.5 Å². The molecule has 0 aliphatic carbocycles.